The van der Waals surface area contributed by atoms with E-state index < -0.39 is 0 Å². The van der Waals surface area contributed by atoms with E-state index in [-0.39, 0.29) is 0 Å². The van der Waals surface area contributed by atoms with Crippen molar-refractivity contribution in [3.05, 3.63) is 27.1 Å². The zero-order valence-corrected chi connectivity index (χ0v) is 11.0. The highest BCUT2D eigenvalue weighted by Crippen LogP contribution is 2.28. The molecule has 0 aliphatic carbocycles. The minimum absolute atomic E-state index is 0.712. The molecular formula is C9H10Br2OS. The van der Waals surface area contributed by atoms with Gasteiger partial charge >= 0.3 is 0 Å². The summed E-state index contributed by atoms with van der Waals surface area (Å²) < 4.78 is 7.53. The predicted molar refractivity (Wildman–Crippen MR) is 65.8 cm³/mol. The van der Waals surface area contributed by atoms with Crippen molar-refractivity contribution in [2.24, 2.45) is 0 Å². The van der Waals surface area contributed by atoms with E-state index in [0.29, 0.717) is 6.61 Å². The molecule has 1 rings (SSSR count). The van der Waals surface area contributed by atoms with E-state index in [1.54, 1.807) is 0 Å². The van der Waals surface area contributed by atoms with Crippen LogP contribution in [0.2, 0.25) is 0 Å². The maximum Gasteiger partial charge on any atom is 0.133 e. The first-order valence-electron chi connectivity index (χ1n) is 3.93. The molecule has 4 heteroatoms. The van der Waals surface area contributed by atoms with Crippen molar-refractivity contribution in [1.82, 2.24) is 0 Å². The lowest BCUT2D eigenvalue weighted by Gasteiger charge is -2.07. The number of halogens is 2. The van der Waals surface area contributed by atoms with Crippen molar-refractivity contribution in [3.8, 4) is 5.75 Å². The summed E-state index contributed by atoms with van der Waals surface area (Å²) >= 11 is 10.9. The Bertz CT molecular complexity index is 278. The molecule has 0 aliphatic rings. The lowest BCUT2D eigenvalue weighted by atomic mass is 10.3. The van der Waals surface area contributed by atoms with Gasteiger partial charge < -0.3 is 4.74 Å². The number of ether oxygens (including phenoxy) is 1. The molecule has 0 atom stereocenters. The van der Waals surface area contributed by atoms with E-state index in [9.17, 15) is 0 Å². The van der Waals surface area contributed by atoms with Gasteiger partial charge in [0.1, 0.15) is 5.75 Å². The van der Waals surface area contributed by atoms with Crippen LogP contribution in [0.25, 0.3) is 0 Å². The highest BCUT2D eigenvalue weighted by molar-refractivity contribution is 9.11. The van der Waals surface area contributed by atoms with Gasteiger partial charge in [-0.3, -0.25) is 0 Å². The van der Waals surface area contributed by atoms with Gasteiger partial charge in [0.05, 0.1) is 11.1 Å². The fourth-order valence-corrected chi connectivity index (χ4v) is 2.13. The van der Waals surface area contributed by atoms with E-state index in [4.69, 9.17) is 4.74 Å². The third-order valence-corrected chi connectivity index (χ3v) is 2.88. The molecule has 0 saturated carbocycles. The highest BCUT2D eigenvalue weighted by atomic mass is 79.9. The molecule has 0 aromatic heterocycles. The van der Waals surface area contributed by atoms with Crippen LogP contribution in [0.1, 0.15) is 6.42 Å². The summed E-state index contributed by atoms with van der Waals surface area (Å²) in [6.45, 7) is 0.712. The van der Waals surface area contributed by atoms with Gasteiger partial charge in [-0.2, -0.15) is 12.6 Å². The van der Waals surface area contributed by atoms with Crippen molar-refractivity contribution >= 4 is 44.5 Å². The minimum Gasteiger partial charge on any atom is -0.492 e. The normalized spacial score (nSPS) is 10.1. The Labute approximate surface area is 101 Å². The quantitative estimate of drug-likeness (QED) is 0.652. The molecule has 0 radical (unpaired) electrons. The Kier molecular flexibility index (Phi) is 5.21. The van der Waals surface area contributed by atoms with E-state index in [0.717, 1.165) is 26.9 Å². The topological polar surface area (TPSA) is 9.23 Å². The predicted octanol–water partition coefficient (Wildman–Crippen LogP) is 3.91. The minimum atomic E-state index is 0.712. The van der Waals surface area contributed by atoms with Crippen LogP contribution >= 0.6 is 44.5 Å². The Morgan fingerprint density at radius 2 is 2.08 bits per heavy atom. The second kappa shape index (κ2) is 5.94. The summed E-state index contributed by atoms with van der Waals surface area (Å²) in [4.78, 5) is 0. The monoisotopic (exact) mass is 324 g/mol. The maximum absolute atomic E-state index is 5.52. The summed E-state index contributed by atoms with van der Waals surface area (Å²) in [6, 6.07) is 5.86. The number of hydrogen-bond donors (Lipinski definition) is 1. The largest absolute Gasteiger partial charge is 0.492 e. The molecule has 0 bridgehead atoms. The van der Waals surface area contributed by atoms with E-state index in [2.05, 4.69) is 44.5 Å². The summed E-state index contributed by atoms with van der Waals surface area (Å²) in [5.41, 5.74) is 0. The lowest BCUT2D eigenvalue weighted by molar-refractivity contribution is 0.317. The van der Waals surface area contributed by atoms with Crippen LogP contribution < -0.4 is 4.74 Å². The number of rotatable bonds is 4. The number of hydrogen-bond acceptors (Lipinski definition) is 2. The molecule has 0 unspecified atom stereocenters. The van der Waals surface area contributed by atoms with E-state index in [1.807, 2.05) is 18.2 Å². The molecule has 1 aromatic rings. The summed E-state index contributed by atoms with van der Waals surface area (Å²) in [5, 5.41) is 0. The zero-order chi connectivity index (χ0) is 9.68. The first kappa shape index (κ1) is 11.4. The molecular weight excluding hydrogens is 316 g/mol. The van der Waals surface area contributed by atoms with Gasteiger partial charge in [-0.1, -0.05) is 15.9 Å². The van der Waals surface area contributed by atoms with Gasteiger partial charge in [-0.15, -0.1) is 0 Å². The molecule has 1 aromatic carbocycles. The molecule has 0 N–H and O–H groups in total. The second-order valence-electron chi connectivity index (χ2n) is 2.50. The Balaban J connectivity index is 2.56. The Hall–Kier alpha value is 0.330. The summed E-state index contributed by atoms with van der Waals surface area (Å²) in [6.07, 6.45) is 0.964. The third kappa shape index (κ3) is 3.92. The van der Waals surface area contributed by atoms with E-state index in [1.165, 1.54) is 0 Å². The smallest absolute Gasteiger partial charge is 0.133 e. The SMILES string of the molecule is SCCCOc1ccc(Br)cc1Br. The van der Waals surface area contributed by atoms with Crippen LogP contribution in [0.15, 0.2) is 27.1 Å². The Morgan fingerprint density at radius 1 is 1.31 bits per heavy atom. The van der Waals surface area contributed by atoms with Crippen molar-refractivity contribution in [2.45, 2.75) is 6.42 Å². The fourth-order valence-electron chi connectivity index (χ4n) is 0.839. The van der Waals surface area contributed by atoms with Crippen molar-refractivity contribution in [3.63, 3.8) is 0 Å². The summed E-state index contributed by atoms with van der Waals surface area (Å²) in [5.74, 6) is 1.73. The van der Waals surface area contributed by atoms with Gasteiger partial charge in [0.15, 0.2) is 0 Å². The van der Waals surface area contributed by atoms with Crippen LogP contribution in [0.5, 0.6) is 5.75 Å². The summed E-state index contributed by atoms with van der Waals surface area (Å²) in [7, 11) is 0. The van der Waals surface area contributed by atoms with Gasteiger partial charge in [-0.05, 0) is 46.3 Å². The molecule has 13 heavy (non-hydrogen) atoms. The van der Waals surface area contributed by atoms with Crippen LogP contribution in [-0.4, -0.2) is 12.4 Å². The van der Waals surface area contributed by atoms with E-state index >= 15 is 0 Å². The van der Waals surface area contributed by atoms with Crippen LogP contribution in [0.3, 0.4) is 0 Å². The fraction of sp³-hybridized carbons (Fsp3) is 0.333. The molecule has 0 heterocycles. The standard InChI is InChI=1S/C9H10Br2OS/c10-7-2-3-9(8(11)6-7)12-4-1-5-13/h2-3,6,13H,1,4-5H2. The molecule has 0 saturated heterocycles. The van der Waals surface area contributed by atoms with Crippen LogP contribution in [0.4, 0.5) is 0 Å². The second-order valence-corrected chi connectivity index (χ2v) is 4.72. The molecule has 0 amide bonds. The molecule has 72 valence electrons. The van der Waals surface area contributed by atoms with Crippen molar-refractivity contribution in [1.29, 1.82) is 0 Å². The van der Waals surface area contributed by atoms with Gasteiger partial charge in [0.2, 0.25) is 0 Å². The lowest BCUT2D eigenvalue weighted by Crippen LogP contribution is -1.98. The average Bonchev–Trinajstić information content (AvgIpc) is 2.09. The maximum atomic E-state index is 5.52. The molecule has 0 spiro atoms. The first-order valence-corrected chi connectivity index (χ1v) is 6.14. The van der Waals surface area contributed by atoms with Gasteiger partial charge in [-0.25, -0.2) is 0 Å². The molecule has 0 fully saturated rings. The molecule has 0 aliphatic heterocycles. The molecule has 1 nitrogen and oxygen atoms in total. The van der Waals surface area contributed by atoms with Crippen LogP contribution in [-0.2, 0) is 0 Å². The average molecular weight is 326 g/mol. The van der Waals surface area contributed by atoms with Gasteiger partial charge in [0.25, 0.3) is 0 Å². The number of benzene rings is 1. The van der Waals surface area contributed by atoms with Crippen molar-refractivity contribution < 1.29 is 4.74 Å². The third-order valence-electron chi connectivity index (χ3n) is 1.45. The highest BCUT2D eigenvalue weighted by Gasteiger charge is 2.00. The first-order chi connectivity index (χ1) is 6.24. The number of thiol groups is 1. The van der Waals surface area contributed by atoms with Crippen LogP contribution in [0, 0.1) is 0 Å². The van der Waals surface area contributed by atoms with Crippen molar-refractivity contribution in [2.75, 3.05) is 12.4 Å². The van der Waals surface area contributed by atoms with Gasteiger partial charge in [0, 0.05) is 4.47 Å². The zero-order valence-electron chi connectivity index (χ0n) is 6.96. The Morgan fingerprint density at radius 3 is 2.69 bits per heavy atom.